The molecule has 0 N–H and O–H groups in total. The van der Waals surface area contributed by atoms with Gasteiger partial charge < -0.3 is 0 Å². The van der Waals surface area contributed by atoms with Crippen LogP contribution in [0, 0.1) is 0 Å². The molecule has 3 aromatic heterocycles. The number of rotatable bonds is 2. The third-order valence-electron chi connectivity index (χ3n) is 4.63. The van der Waals surface area contributed by atoms with E-state index in [9.17, 15) is 0 Å². The van der Waals surface area contributed by atoms with Crippen molar-refractivity contribution in [3.05, 3.63) is 78.7 Å². The van der Waals surface area contributed by atoms with Gasteiger partial charge >= 0.3 is 0 Å². The van der Waals surface area contributed by atoms with Gasteiger partial charge in [-0.25, -0.2) is 9.67 Å². The number of aryl methyl sites for hydroxylation is 1. The Bertz CT molecular complexity index is 1310. The van der Waals surface area contributed by atoms with Crippen LogP contribution in [0.15, 0.2) is 78.0 Å². The molecule has 26 heavy (non-hydrogen) atoms. The highest BCUT2D eigenvalue weighted by molar-refractivity contribution is 6.07. The molecule has 0 radical (unpaired) electrons. The standard InChI is InChI=1S/C21H17N5/c1-2-26-20-18(14-22-26)19-17-11-7-6-8-15(17)12-13-25(19)21(24-20)23-16-9-4-3-5-10-16/h3-14H,2H2,1H3. The van der Waals surface area contributed by atoms with Gasteiger partial charge in [0.1, 0.15) is 0 Å². The summed E-state index contributed by atoms with van der Waals surface area (Å²) in [6.45, 7) is 2.84. The van der Waals surface area contributed by atoms with Crippen LogP contribution < -0.4 is 5.62 Å². The molecule has 0 amide bonds. The molecule has 5 heteroatoms. The number of pyridine rings is 1. The number of benzene rings is 2. The maximum absolute atomic E-state index is 4.83. The lowest BCUT2D eigenvalue weighted by Crippen LogP contribution is -2.20. The second-order valence-corrected chi connectivity index (χ2v) is 6.18. The van der Waals surface area contributed by atoms with Crippen LogP contribution in [0.25, 0.3) is 27.3 Å². The molecule has 0 aliphatic heterocycles. The van der Waals surface area contributed by atoms with Gasteiger partial charge in [-0.2, -0.15) is 10.1 Å². The zero-order valence-corrected chi connectivity index (χ0v) is 14.4. The molecule has 0 bridgehead atoms. The smallest absolute Gasteiger partial charge is 0.236 e. The van der Waals surface area contributed by atoms with Crippen LogP contribution in [0.1, 0.15) is 6.92 Å². The van der Waals surface area contributed by atoms with Crippen LogP contribution in [0.5, 0.6) is 0 Å². The first-order chi connectivity index (χ1) is 12.8. The van der Waals surface area contributed by atoms with Crippen molar-refractivity contribution in [3.63, 3.8) is 0 Å². The van der Waals surface area contributed by atoms with Crippen molar-refractivity contribution in [2.75, 3.05) is 0 Å². The SMILES string of the molecule is CCn1ncc2c1nc(=Nc1ccccc1)n1ccc3ccccc3c21. The predicted molar refractivity (Wildman–Crippen MR) is 103 cm³/mol. The number of hydrogen-bond donors (Lipinski definition) is 0. The molecule has 0 saturated heterocycles. The van der Waals surface area contributed by atoms with Gasteiger partial charge in [0.2, 0.25) is 5.62 Å². The summed E-state index contributed by atoms with van der Waals surface area (Å²) < 4.78 is 3.97. The van der Waals surface area contributed by atoms with Crippen molar-refractivity contribution < 1.29 is 0 Å². The predicted octanol–water partition coefficient (Wildman–Crippen LogP) is 4.09. The van der Waals surface area contributed by atoms with Crippen molar-refractivity contribution in [1.82, 2.24) is 19.2 Å². The Kier molecular flexibility index (Phi) is 3.31. The largest absolute Gasteiger partial charge is 0.284 e. The van der Waals surface area contributed by atoms with Crippen LogP contribution in [-0.2, 0) is 6.54 Å². The monoisotopic (exact) mass is 339 g/mol. The first-order valence-corrected chi connectivity index (χ1v) is 8.70. The summed E-state index contributed by atoms with van der Waals surface area (Å²) in [5, 5.41) is 7.91. The maximum Gasteiger partial charge on any atom is 0.236 e. The molecule has 3 heterocycles. The van der Waals surface area contributed by atoms with E-state index in [-0.39, 0.29) is 0 Å². The van der Waals surface area contributed by atoms with Crippen LogP contribution >= 0.6 is 0 Å². The molecule has 0 fully saturated rings. The van der Waals surface area contributed by atoms with Gasteiger partial charge in [0.05, 0.1) is 22.8 Å². The second-order valence-electron chi connectivity index (χ2n) is 6.18. The minimum atomic E-state index is 0.652. The quantitative estimate of drug-likeness (QED) is 0.455. The Hall–Kier alpha value is -3.47. The number of hydrogen-bond acceptors (Lipinski definition) is 3. The average molecular weight is 339 g/mol. The average Bonchev–Trinajstić information content (AvgIpc) is 3.11. The Morgan fingerprint density at radius 3 is 2.58 bits per heavy atom. The first kappa shape index (κ1) is 14.8. The van der Waals surface area contributed by atoms with E-state index in [1.807, 2.05) is 47.4 Å². The van der Waals surface area contributed by atoms with Gasteiger partial charge in [0.15, 0.2) is 5.65 Å². The fourth-order valence-corrected chi connectivity index (χ4v) is 3.40. The van der Waals surface area contributed by atoms with E-state index in [1.54, 1.807) is 0 Å². The van der Waals surface area contributed by atoms with Crippen LogP contribution in [0.3, 0.4) is 0 Å². The number of para-hydroxylation sites is 1. The summed E-state index contributed by atoms with van der Waals surface area (Å²) in [6.07, 6.45) is 3.94. The molecule has 0 atom stereocenters. The molecular weight excluding hydrogens is 322 g/mol. The Balaban J connectivity index is 2.01. The molecule has 5 rings (SSSR count). The van der Waals surface area contributed by atoms with Crippen molar-refractivity contribution in [1.29, 1.82) is 0 Å². The molecule has 5 aromatic rings. The normalized spacial score (nSPS) is 12.4. The van der Waals surface area contributed by atoms with Gasteiger partial charge in [-0.1, -0.05) is 42.5 Å². The Labute approximate surface area is 149 Å². The molecule has 126 valence electrons. The minimum absolute atomic E-state index is 0.652. The molecule has 0 aliphatic carbocycles. The lowest BCUT2D eigenvalue weighted by Gasteiger charge is -2.08. The van der Waals surface area contributed by atoms with E-state index in [4.69, 9.17) is 9.98 Å². The summed E-state index contributed by atoms with van der Waals surface area (Å²) in [7, 11) is 0. The van der Waals surface area contributed by atoms with Crippen molar-refractivity contribution in [3.8, 4) is 0 Å². The summed E-state index contributed by atoms with van der Waals surface area (Å²) in [5.74, 6) is 0. The summed E-state index contributed by atoms with van der Waals surface area (Å²) in [5.41, 5.74) is 3.48. The van der Waals surface area contributed by atoms with Gasteiger partial charge in [0.25, 0.3) is 0 Å². The van der Waals surface area contributed by atoms with Crippen LogP contribution in [-0.4, -0.2) is 19.2 Å². The Morgan fingerprint density at radius 1 is 0.923 bits per heavy atom. The molecule has 0 unspecified atom stereocenters. The summed E-state index contributed by atoms with van der Waals surface area (Å²) >= 11 is 0. The fraction of sp³-hybridized carbons (Fsp3) is 0.0952. The minimum Gasteiger partial charge on any atom is -0.284 e. The maximum atomic E-state index is 4.83. The van der Waals surface area contributed by atoms with Crippen LogP contribution in [0.4, 0.5) is 5.69 Å². The van der Waals surface area contributed by atoms with E-state index in [1.165, 1.54) is 10.8 Å². The summed E-state index contributed by atoms with van der Waals surface area (Å²) in [6, 6.07) is 20.4. The van der Waals surface area contributed by atoms with Crippen molar-refractivity contribution >= 4 is 33.0 Å². The zero-order valence-electron chi connectivity index (χ0n) is 14.4. The lowest BCUT2D eigenvalue weighted by molar-refractivity contribution is 0.674. The van der Waals surface area contributed by atoms with E-state index in [0.717, 1.165) is 28.8 Å². The molecular formula is C21H17N5. The number of aromatic nitrogens is 4. The summed E-state index contributed by atoms with van der Waals surface area (Å²) in [4.78, 5) is 9.62. The van der Waals surface area contributed by atoms with Crippen molar-refractivity contribution in [2.24, 2.45) is 4.99 Å². The van der Waals surface area contributed by atoms with Gasteiger partial charge in [-0.05, 0) is 30.5 Å². The van der Waals surface area contributed by atoms with Gasteiger partial charge in [0, 0.05) is 18.1 Å². The third kappa shape index (κ3) is 2.21. The van der Waals surface area contributed by atoms with Crippen molar-refractivity contribution in [2.45, 2.75) is 13.5 Å². The zero-order chi connectivity index (χ0) is 17.5. The number of nitrogens with zero attached hydrogens (tertiary/aromatic N) is 5. The Morgan fingerprint density at radius 2 is 1.73 bits per heavy atom. The number of fused-ring (bicyclic) bond motifs is 5. The van der Waals surface area contributed by atoms with E-state index in [2.05, 4.69) is 46.8 Å². The molecule has 0 aliphatic rings. The van der Waals surface area contributed by atoms with E-state index >= 15 is 0 Å². The molecule has 0 spiro atoms. The highest BCUT2D eigenvalue weighted by Gasteiger charge is 2.12. The third-order valence-corrected chi connectivity index (χ3v) is 4.63. The second kappa shape index (κ2) is 5.81. The molecule has 0 saturated carbocycles. The van der Waals surface area contributed by atoms with E-state index < -0.39 is 0 Å². The first-order valence-electron chi connectivity index (χ1n) is 8.70. The van der Waals surface area contributed by atoms with Gasteiger partial charge in [-0.3, -0.25) is 4.40 Å². The highest BCUT2D eigenvalue weighted by atomic mass is 15.3. The fourth-order valence-electron chi connectivity index (χ4n) is 3.40. The van der Waals surface area contributed by atoms with Gasteiger partial charge in [-0.15, -0.1) is 0 Å². The topological polar surface area (TPSA) is 47.5 Å². The lowest BCUT2D eigenvalue weighted by atomic mass is 10.1. The van der Waals surface area contributed by atoms with E-state index in [0.29, 0.717) is 5.62 Å². The highest BCUT2D eigenvalue weighted by Crippen LogP contribution is 2.25. The molecule has 2 aromatic carbocycles. The molecule has 5 nitrogen and oxygen atoms in total. The van der Waals surface area contributed by atoms with Crippen LogP contribution in [0.2, 0.25) is 0 Å².